The molecule has 1 aliphatic rings. The van der Waals surface area contributed by atoms with Gasteiger partial charge in [-0.1, -0.05) is 30.3 Å². The van der Waals surface area contributed by atoms with E-state index in [1.165, 1.54) is 0 Å². The number of nitrogens with one attached hydrogen (secondary N) is 1. The zero-order valence-electron chi connectivity index (χ0n) is 14.2. The van der Waals surface area contributed by atoms with Crippen LogP contribution in [0.5, 0.6) is 0 Å². The molecule has 2 aromatic rings. The molecule has 0 saturated carbocycles. The van der Waals surface area contributed by atoms with Crippen LogP contribution >= 0.6 is 36.2 Å². The van der Waals surface area contributed by atoms with Crippen LogP contribution in [0.15, 0.2) is 35.7 Å². The number of aromatic nitrogens is 1. The first kappa shape index (κ1) is 22.3. The molecule has 1 fully saturated rings. The third kappa shape index (κ3) is 6.49. The van der Waals surface area contributed by atoms with Crippen molar-refractivity contribution in [3.05, 3.63) is 41.4 Å². The van der Waals surface area contributed by atoms with Gasteiger partial charge in [-0.15, -0.1) is 36.2 Å². The number of β-amino-alcohol motifs (C(OH)–C–C–N with tert-alkyl or cyclic N) is 1. The maximum Gasteiger partial charge on any atom is 0.123 e. The molecular weight excluding hydrogens is 381 g/mol. The number of thiazole rings is 1. The molecule has 0 aliphatic carbocycles. The second-order valence-corrected chi connectivity index (χ2v) is 6.99. The topological polar surface area (TPSA) is 57.6 Å². The lowest BCUT2D eigenvalue weighted by atomic mass is 10.1. The molecule has 1 saturated heterocycles. The highest BCUT2D eigenvalue weighted by atomic mass is 35.5. The van der Waals surface area contributed by atoms with Gasteiger partial charge >= 0.3 is 0 Å². The van der Waals surface area contributed by atoms with E-state index in [9.17, 15) is 5.11 Å². The zero-order valence-corrected chi connectivity index (χ0v) is 16.6. The fourth-order valence-corrected chi connectivity index (χ4v) is 3.62. The van der Waals surface area contributed by atoms with Gasteiger partial charge in [-0.25, -0.2) is 4.98 Å². The minimum Gasteiger partial charge on any atom is -0.385 e. The summed E-state index contributed by atoms with van der Waals surface area (Å²) in [6, 6.07) is 10.2. The van der Waals surface area contributed by atoms with Gasteiger partial charge in [-0.2, -0.15) is 0 Å². The number of benzene rings is 1. The van der Waals surface area contributed by atoms with E-state index in [1.807, 2.05) is 25.2 Å². The fraction of sp³-hybridized carbons (Fsp3) is 0.471. The summed E-state index contributed by atoms with van der Waals surface area (Å²) in [6.45, 7) is 3.64. The lowest BCUT2D eigenvalue weighted by Crippen LogP contribution is -2.50. The quantitative estimate of drug-likeness (QED) is 0.799. The number of nitrogens with zero attached hydrogens (tertiary/aromatic N) is 2. The number of hydrogen-bond acceptors (Lipinski definition) is 6. The van der Waals surface area contributed by atoms with Crippen LogP contribution in [0.1, 0.15) is 5.69 Å². The molecule has 1 aromatic heterocycles. The van der Waals surface area contributed by atoms with Gasteiger partial charge in [0, 0.05) is 37.1 Å². The highest BCUT2D eigenvalue weighted by Gasteiger charge is 2.30. The van der Waals surface area contributed by atoms with Gasteiger partial charge in [0.25, 0.3) is 0 Å². The van der Waals surface area contributed by atoms with E-state index in [0.29, 0.717) is 32.8 Å². The first-order chi connectivity index (χ1) is 11.1. The van der Waals surface area contributed by atoms with E-state index in [0.717, 1.165) is 22.8 Å². The molecule has 140 valence electrons. The zero-order chi connectivity index (χ0) is 16.1. The van der Waals surface area contributed by atoms with Crippen molar-refractivity contribution >= 4 is 36.2 Å². The van der Waals surface area contributed by atoms with Crippen LogP contribution in [0.25, 0.3) is 10.6 Å². The van der Waals surface area contributed by atoms with Crippen molar-refractivity contribution in [2.24, 2.45) is 0 Å². The molecule has 1 aromatic carbocycles. The lowest BCUT2D eigenvalue weighted by Gasteiger charge is -2.30. The molecule has 1 atom stereocenters. The van der Waals surface area contributed by atoms with Gasteiger partial charge in [0.05, 0.1) is 18.9 Å². The summed E-state index contributed by atoms with van der Waals surface area (Å²) >= 11 is 1.66. The summed E-state index contributed by atoms with van der Waals surface area (Å²) in [4.78, 5) is 6.80. The molecule has 2 N–H and O–H groups in total. The molecular formula is C17H25Cl2N3O2S. The highest BCUT2D eigenvalue weighted by Crippen LogP contribution is 2.24. The maximum absolute atomic E-state index is 10.6. The van der Waals surface area contributed by atoms with E-state index in [1.54, 1.807) is 11.3 Å². The Kier molecular flexibility index (Phi) is 9.30. The van der Waals surface area contributed by atoms with E-state index in [2.05, 4.69) is 27.7 Å². The fourth-order valence-electron chi connectivity index (χ4n) is 2.81. The molecule has 0 spiro atoms. The summed E-state index contributed by atoms with van der Waals surface area (Å²) in [5.74, 6) is 0. The van der Waals surface area contributed by atoms with Crippen molar-refractivity contribution in [3.63, 3.8) is 0 Å². The molecule has 5 nitrogen and oxygen atoms in total. The van der Waals surface area contributed by atoms with Crippen molar-refractivity contribution in [2.45, 2.75) is 12.1 Å². The summed E-state index contributed by atoms with van der Waals surface area (Å²) < 4.78 is 5.47. The van der Waals surface area contributed by atoms with Crippen molar-refractivity contribution in [1.29, 1.82) is 0 Å². The SMILES string of the molecule is CN(Cc1csc(-c2ccccc2)n1)CC1(O)CNCCOC1.Cl.Cl. The Morgan fingerprint density at radius 2 is 2.08 bits per heavy atom. The summed E-state index contributed by atoms with van der Waals surface area (Å²) in [6.07, 6.45) is 0. The van der Waals surface area contributed by atoms with Gasteiger partial charge in [0.1, 0.15) is 10.6 Å². The standard InChI is InChI=1S/C17H23N3O2S.2ClH/c1-20(12-17(21)11-18-7-8-22-13-17)9-15-10-23-16(19-15)14-5-3-2-4-6-14;;/h2-6,10,18,21H,7-9,11-13H2,1H3;2*1H. The van der Waals surface area contributed by atoms with Crippen molar-refractivity contribution in [1.82, 2.24) is 15.2 Å². The van der Waals surface area contributed by atoms with E-state index >= 15 is 0 Å². The number of likely N-dealkylation sites (N-methyl/N-ethyl adjacent to an activating group) is 1. The number of aliphatic hydroxyl groups is 1. The minimum atomic E-state index is -0.844. The monoisotopic (exact) mass is 405 g/mol. The van der Waals surface area contributed by atoms with E-state index < -0.39 is 5.60 Å². The Labute approximate surface area is 165 Å². The first-order valence-corrected chi connectivity index (χ1v) is 8.72. The van der Waals surface area contributed by atoms with Gasteiger partial charge < -0.3 is 15.2 Å². The van der Waals surface area contributed by atoms with Gasteiger partial charge in [-0.05, 0) is 7.05 Å². The normalized spacial score (nSPS) is 20.4. The predicted molar refractivity (Wildman–Crippen MR) is 107 cm³/mol. The Hall–Kier alpha value is -0.730. The van der Waals surface area contributed by atoms with E-state index in [4.69, 9.17) is 9.72 Å². The average molecular weight is 406 g/mol. The highest BCUT2D eigenvalue weighted by molar-refractivity contribution is 7.13. The smallest absolute Gasteiger partial charge is 0.123 e. The third-order valence-corrected chi connectivity index (χ3v) is 4.76. The molecule has 1 unspecified atom stereocenters. The minimum absolute atomic E-state index is 0. The summed E-state index contributed by atoms with van der Waals surface area (Å²) in [5.41, 5.74) is 1.33. The molecule has 1 aliphatic heterocycles. The Morgan fingerprint density at radius 3 is 2.84 bits per heavy atom. The summed E-state index contributed by atoms with van der Waals surface area (Å²) in [5, 5.41) is 17.0. The van der Waals surface area contributed by atoms with Crippen LogP contribution in [-0.4, -0.2) is 60.5 Å². The van der Waals surface area contributed by atoms with E-state index in [-0.39, 0.29) is 24.8 Å². The van der Waals surface area contributed by atoms with Crippen LogP contribution in [0, 0.1) is 0 Å². The van der Waals surface area contributed by atoms with Crippen LogP contribution in [0.3, 0.4) is 0 Å². The van der Waals surface area contributed by atoms with Crippen molar-refractivity contribution < 1.29 is 9.84 Å². The number of rotatable bonds is 5. The number of hydrogen-bond donors (Lipinski definition) is 2. The largest absolute Gasteiger partial charge is 0.385 e. The van der Waals surface area contributed by atoms with Crippen LogP contribution in [-0.2, 0) is 11.3 Å². The van der Waals surface area contributed by atoms with Gasteiger partial charge in [0.2, 0.25) is 0 Å². The molecule has 25 heavy (non-hydrogen) atoms. The molecule has 0 amide bonds. The van der Waals surface area contributed by atoms with Crippen molar-refractivity contribution in [3.8, 4) is 10.6 Å². The first-order valence-electron chi connectivity index (χ1n) is 7.84. The second kappa shape index (κ2) is 10.4. The average Bonchev–Trinajstić information content (AvgIpc) is 2.89. The summed E-state index contributed by atoms with van der Waals surface area (Å²) in [7, 11) is 2.00. The van der Waals surface area contributed by atoms with Crippen LogP contribution < -0.4 is 5.32 Å². The van der Waals surface area contributed by atoms with Crippen LogP contribution in [0.4, 0.5) is 0 Å². The maximum atomic E-state index is 10.6. The van der Waals surface area contributed by atoms with Gasteiger partial charge in [-0.3, -0.25) is 4.90 Å². The number of ether oxygens (including phenoxy) is 1. The Balaban J connectivity index is 0.00000156. The second-order valence-electron chi connectivity index (χ2n) is 6.14. The molecule has 8 heteroatoms. The lowest BCUT2D eigenvalue weighted by molar-refractivity contribution is -0.0462. The van der Waals surface area contributed by atoms with Gasteiger partial charge in [0.15, 0.2) is 0 Å². The Bertz CT molecular complexity index is 619. The molecule has 0 bridgehead atoms. The molecule has 0 radical (unpaired) electrons. The third-order valence-electron chi connectivity index (χ3n) is 3.82. The van der Waals surface area contributed by atoms with Crippen LogP contribution in [0.2, 0.25) is 0 Å². The predicted octanol–water partition coefficient (Wildman–Crippen LogP) is 2.44. The molecule has 3 rings (SSSR count). The molecule has 2 heterocycles. The number of halogens is 2. The van der Waals surface area contributed by atoms with Crippen molar-refractivity contribution in [2.75, 3.05) is 39.9 Å². The Morgan fingerprint density at radius 1 is 1.32 bits per heavy atom.